The summed E-state index contributed by atoms with van der Waals surface area (Å²) in [6.45, 7) is -0.596. The number of carbonyl (C=O) groups excluding carboxylic acids is 1. The molecule has 0 bridgehead atoms. The highest BCUT2D eigenvalue weighted by atomic mass is 16.3. The zero-order valence-corrected chi connectivity index (χ0v) is 9.28. The summed E-state index contributed by atoms with van der Waals surface area (Å²) in [7, 11) is 0. The van der Waals surface area contributed by atoms with Crippen molar-refractivity contribution in [2.75, 3.05) is 32.9 Å². The lowest BCUT2D eigenvalue weighted by atomic mass is 10.0. The average molecular weight is 232 g/mol. The Hall–Kier alpha value is -0.690. The molecule has 1 fully saturated rings. The minimum absolute atomic E-state index is 0.0194. The first-order valence-corrected chi connectivity index (χ1v) is 5.50. The normalized spacial score (nSPS) is 16.2. The number of aliphatic hydroxyl groups excluding tert-OH is 3. The fraction of sp³-hybridized carbons (Fsp3) is 0.900. The number of hydrogen-bond acceptors (Lipinski definition) is 5. The molecule has 0 unspecified atom stereocenters. The van der Waals surface area contributed by atoms with Crippen molar-refractivity contribution >= 4 is 5.91 Å². The van der Waals surface area contributed by atoms with Crippen LogP contribution >= 0.6 is 0 Å². The van der Waals surface area contributed by atoms with E-state index in [1.807, 2.05) is 0 Å². The van der Waals surface area contributed by atoms with Crippen LogP contribution in [0.1, 0.15) is 12.8 Å². The minimum atomic E-state index is -1.18. The smallest absolute Gasteiger partial charge is 0.233 e. The Morgan fingerprint density at radius 3 is 2.19 bits per heavy atom. The van der Waals surface area contributed by atoms with Crippen LogP contribution < -0.4 is 10.6 Å². The van der Waals surface area contributed by atoms with Gasteiger partial charge in [-0.1, -0.05) is 0 Å². The van der Waals surface area contributed by atoms with Gasteiger partial charge >= 0.3 is 0 Å². The van der Waals surface area contributed by atoms with Crippen LogP contribution in [-0.2, 0) is 4.79 Å². The molecule has 0 spiro atoms. The molecule has 94 valence electrons. The maximum atomic E-state index is 11.4. The lowest BCUT2D eigenvalue weighted by molar-refractivity contribution is -0.121. The van der Waals surface area contributed by atoms with E-state index < -0.39 is 25.4 Å². The molecule has 0 heterocycles. The molecule has 0 saturated heterocycles. The highest BCUT2D eigenvalue weighted by molar-refractivity contribution is 5.78. The van der Waals surface area contributed by atoms with Gasteiger partial charge in [0.1, 0.15) is 0 Å². The third-order valence-electron chi connectivity index (χ3n) is 2.82. The van der Waals surface area contributed by atoms with Crippen LogP contribution in [-0.4, -0.2) is 59.7 Å². The quantitative estimate of drug-likeness (QED) is 0.327. The second-order valence-electron chi connectivity index (χ2n) is 4.36. The average Bonchev–Trinajstić information content (AvgIpc) is 3.13. The van der Waals surface area contributed by atoms with Gasteiger partial charge in [0, 0.05) is 6.54 Å². The Labute approximate surface area is 94.7 Å². The monoisotopic (exact) mass is 232 g/mol. The first-order valence-electron chi connectivity index (χ1n) is 5.50. The van der Waals surface area contributed by atoms with Crippen LogP contribution in [0.2, 0.25) is 0 Å². The Bertz CT molecular complexity index is 219. The number of nitrogens with one attached hydrogen (secondary N) is 2. The lowest BCUT2D eigenvalue weighted by Gasteiger charge is -2.28. The fourth-order valence-electron chi connectivity index (χ4n) is 1.23. The molecule has 5 N–H and O–H groups in total. The highest BCUT2D eigenvalue weighted by Gasteiger charge is 2.28. The molecule has 16 heavy (non-hydrogen) atoms. The van der Waals surface area contributed by atoms with Gasteiger partial charge in [-0.2, -0.15) is 0 Å². The van der Waals surface area contributed by atoms with Crippen LogP contribution in [0.5, 0.6) is 0 Å². The molecule has 1 saturated carbocycles. The molecular formula is C10H20N2O4. The van der Waals surface area contributed by atoms with Crippen molar-refractivity contribution < 1.29 is 20.1 Å². The maximum absolute atomic E-state index is 11.4. The molecule has 0 aromatic rings. The van der Waals surface area contributed by atoms with Gasteiger partial charge in [-0.3, -0.25) is 10.1 Å². The van der Waals surface area contributed by atoms with E-state index in [2.05, 4.69) is 10.6 Å². The minimum Gasteiger partial charge on any atom is -0.394 e. The summed E-state index contributed by atoms with van der Waals surface area (Å²) in [5.74, 6) is 0.425. The molecule has 0 aromatic carbocycles. The summed E-state index contributed by atoms with van der Waals surface area (Å²) in [5.41, 5.74) is -1.18. The molecule has 6 nitrogen and oxygen atoms in total. The Morgan fingerprint density at radius 1 is 1.19 bits per heavy atom. The summed E-state index contributed by atoms with van der Waals surface area (Å²) < 4.78 is 0. The van der Waals surface area contributed by atoms with Gasteiger partial charge < -0.3 is 20.6 Å². The number of amides is 1. The van der Waals surface area contributed by atoms with E-state index in [1.54, 1.807) is 0 Å². The first kappa shape index (κ1) is 13.4. The van der Waals surface area contributed by atoms with Crippen LogP contribution in [0.4, 0.5) is 0 Å². The van der Waals surface area contributed by atoms with Crippen molar-refractivity contribution in [2.24, 2.45) is 5.92 Å². The van der Waals surface area contributed by atoms with Gasteiger partial charge in [0.05, 0.1) is 31.9 Å². The predicted octanol–water partition coefficient (Wildman–Crippen LogP) is -2.18. The topological polar surface area (TPSA) is 102 Å². The van der Waals surface area contributed by atoms with Crippen LogP contribution in [0.15, 0.2) is 0 Å². The highest BCUT2D eigenvalue weighted by Crippen LogP contribution is 2.27. The predicted molar refractivity (Wildman–Crippen MR) is 57.7 cm³/mol. The summed E-state index contributed by atoms with van der Waals surface area (Å²) in [6.07, 6.45) is 2.34. The molecule has 1 rings (SSSR count). The van der Waals surface area contributed by atoms with Crippen LogP contribution in [0.25, 0.3) is 0 Å². The standard InChI is InChI=1S/C10H20N2O4/c13-5-10(6-14,7-15)12-4-9(16)11-3-8-1-2-8/h8,12-15H,1-7H2,(H,11,16). The molecule has 1 aliphatic rings. The second kappa shape index (κ2) is 6.15. The van der Waals surface area contributed by atoms with E-state index in [0.29, 0.717) is 12.5 Å². The molecule has 0 radical (unpaired) electrons. The Balaban J connectivity index is 2.21. The first-order chi connectivity index (χ1) is 7.65. The van der Waals surface area contributed by atoms with Gasteiger partial charge in [0.2, 0.25) is 5.91 Å². The van der Waals surface area contributed by atoms with E-state index in [4.69, 9.17) is 15.3 Å². The summed E-state index contributed by atoms with van der Waals surface area (Å²) in [4.78, 5) is 11.4. The lowest BCUT2D eigenvalue weighted by Crippen LogP contribution is -2.57. The van der Waals surface area contributed by atoms with Crippen molar-refractivity contribution in [3.05, 3.63) is 0 Å². The van der Waals surface area contributed by atoms with Crippen molar-refractivity contribution in [3.63, 3.8) is 0 Å². The zero-order chi connectivity index (χ0) is 12.0. The van der Waals surface area contributed by atoms with E-state index in [1.165, 1.54) is 12.8 Å². The SMILES string of the molecule is O=C(CNC(CO)(CO)CO)NCC1CC1. The third-order valence-corrected chi connectivity index (χ3v) is 2.82. The largest absolute Gasteiger partial charge is 0.394 e. The molecule has 0 atom stereocenters. The summed E-state index contributed by atoms with van der Waals surface area (Å²) in [5, 5.41) is 32.4. The van der Waals surface area contributed by atoms with Crippen molar-refractivity contribution in [1.29, 1.82) is 0 Å². The number of aliphatic hydroxyl groups is 3. The zero-order valence-electron chi connectivity index (χ0n) is 9.28. The van der Waals surface area contributed by atoms with Gasteiger partial charge in [0.25, 0.3) is 0 Å². The Morgan fingerprint density at radius 2 is 1.75 bits per heavy atom. The van der Waals surface area contributed by atoms with Crippen LogP contribution in [0, 0.1) is 5.92 Å². The third kappa shape index (κ3) is 4.05. The molecule has 1 aliphatic carbocycles. The number of carbonyl (C=O) groups is 1. The fourth-order valence-corrected chi connectivity index (χ4v) is 1.23. The molecule has 0 aliphatic heterocycles. The van der Waals surface area contributed by atoms with E-state index >= 15 is 0 Å². The second-order valence-corrected chi connectivity index (χ2v) is 4.36. The molecule has 6 heteroatoms. The number of rotatable bonds is 8. The molecule has 0 aromatic heterocycles. The molecule has 1 amide bonds. The van der Waals surface area contributed by atoms with E-state index in [9.17, 15) is 4.79 Å². The summed E-state index contributed by atoms with van der Waals surface area (Å²) in [6, 6.07) is 0. The van der Waals surface area contributed by atoms with Crippen molar-refractivity contribution in [2.45, 2.75) is 18.4 Å². The summed E-state index contributed by atoms with van der Waals surface area (Å²) >= 11 is 0. The van der Waals surface area contributed by atoms with Crippen LogP contribution in [0.3, 0.4) is 0 Å². The van der Waals surface area contributed by atoms with E-state index in [0.717, 1.165) is 0 Å². The van der Waals surface area contributed by atoms with Crippen molar-refractivity contribution in [3.8, 4) is 0 Å². The van der Waals surface area contributed by atoms with Gasteiger partial charge in [-0.15, -0.1) is 0 Å². The van der Waals surface area contributed by atoms with E-state index in [-0.39, 0.29) is 12.5 Å². The Kier molecular flexibility index (Phi) is 5.14. The van der Waals surface area contributed by atoms with Crippen molar-refractivity contribution in [1.82, 2.24) is 10.6 Å². The van der Waals surface area contributed by atoms with Gasteiger partial charge in [-0.05, 0) is 18.8 Å². The molecular weight excluding hydrogens is 212 g/mol. The van der Waals surface area contributed by atoms with Gasteiger partial charge in [-0.25, -0.2) is 0 Å². The number of hydrogen-bond donors (Lipinski definition) is 5. The maximum Gasteiger partial charge on any atom is 0.233 e. The van der Waals surface area contributed by atoms with Gasteiger partial charge in [0.15, 0.2) is 0 Å².